The summed E-state index contributed by atoms with van der Waals surface area (Å²) in [5.74, 6) is -0.0844. The summed E-state index contributed by atoms with van der Waals surface area (Å²) in [6.07, 6.45) is 0. The Kier molecular flexibility index (Phi) is 4.08. The molecular weight excluding hydrogens is 354 g/mol. The van der Waals surface area contributed by atoms with Crippen LogP contribution >= 0.6 is 0 Å². The summed E-state index contributed by atoms with van der Waals surface area (Å²) in [5.41, 5.74) is 7.51. The minimum absolute atomic E-state index is 0.0400. The summed E-state index contributed by atoms with van der Waals surface area (Å²) in [6.45, 7) is -3.00. The number of hydrogen-bond acceptors (Lipinski definition) is 4. The van der Waals surface area contributed by atoms with Gasteiger partial charge in [-0.25, -0.2) is 0 Å². The lowest BCUT2D eigenvalue weighted by atomic mass is 9.98. The Labute approximate surface area is 151 Å². The van der Waals surface area contributed by atoms with E-state index in [1.807, 2.05) is 30.3 Å². The number of alkyl halides is 2. The van der Waals surface area contributed by atoms with Gasteiger partial charge in [-0.3, -0.25) is 9.78 Å². The molecule has 8 heteroatoms. The summed E-state index contributed by atoms with van der Waals surface area (Å²) in [7, 11) is 0. The molecule has 136 valence electrons. The zero-order valence-electron chi connectivity index (χ0n) is 13.9. The number of aromatic nitrogens is 3. The Morgan fingerprint density at radius 3 is 2.44 bits per heavy atom. The topological polar surface area (TPSA) is 96.8 Å². The van der Waals surface area contributed by atoms with Crippen LogP contribution in [0.5, 0.6) is 5.75 Å². The van der Waals surface area contributed by atoms with E-state index in [2.05, 4.69) is 19.7 Å². The molecule has 4 rings (SSSR count). The summed E-state index contributed by atoms with van der Waals surface area (Å²) in [5, 5.41) is 0.216. The van der Waals surface area contributed by atoms with Crippen LogP contribution in [0.3, 0.4) is 0 Å². The van der Waals surface area contributed by atoms with Gasteiger partial charge in [-0.1, -0.05) is 48.5 Å². The van der Waals surface area contributed by atoms with Crippen molar-refractivity contribution < 1.29 is 13.5 Å². The number of ether oxygens (including phenoxy) is 1. The lowest BCUT2D eigenvalue weighted by Gasteiger charge is -2.12. The molecule has 27 heavy (non-hydrogen) atoms. The van der Waals surface area contributed by atoms with Gasteiger partial charge in [0.2, 0.25) is 5.95 Å². The number of para-hydroxylation sites is 1. The SMILES string of the molecule is Nc1nc2[nH]c(-c3ccccc3)c(-c3ccccc3OC(F)F)c2c(=O)[nH]1. The summed E-state index contributed by atoms with van der Waals surface area (Å²) in [4.78, 5) is 22.3. The maximum Gasteiger partial charge on any atom is 0.387 e. The van der Waals surface area contributed by atoms with Crippen molar-refractivity contribution in [1.29, 1.82) is 0 Å². The van der Waals surface area contributed by atoms with E-state index in [0.717, 1.165) is 5.56 Å². The molecule has 2 aromatic carbocycles. The maximum absolute atomic E-state index is 12.9. The van der Waals surface area contributed by atoms with E-state index in [9.17, 15) is 13.6 Å². The first-order valence-electron chi connectivity index (χ1n) is 8.05. The minimum Gasteiger partial charge on any atom is -0.434 e. The number of nitrogen functional groups attached to an aromatic ring is 1. The van der Waals surface area contributed by atoms with Crippen molar-refractivity contribution in [2.24, 2.45) is 0 Å². The molecule has 0 radical (unpaired) electrons. The van der Waals surface area contributed by atoms with Crippen molar-refractivity contribution in [3.05, 3.63) is 65.0 Å². The zero-order chi connectivity index (χ0) is 19.0. The van der Waals surface area contributed by atoms with E-state index in [1.165, 1.54) is 6.07 Å². The van der Waals surface area contributed by atoms with Gasteiger partial charge < -0.3 is 15.5 Å². The number of nitrogens with one attached hydrogen (secondary N) is 2. The molecule has 0 aliphatic heterocycles. The lowest BCUT2D eigenvalue weighted by Crippen LogP contribution is -2.11. The van der Waals surface area contributed by atoms with Crippen molar-refractivity contribution in [3.63, 3.8) is 0 Å². The van der Waals surface area contributed by atoms with Gasteiger partial charge in [0.1, 0.15) is 11.4 Å². The molecule has 0 unspecified atom stereocenters. The third-order valence-corrected chi connectivity index (χ3v) is 4.12. The highest BCUT2D eigenvalue weighted by Gasteiger charge is 2.22. The fourth-order valence-corrected chi connectivity index (χ4v) is 3.08. The van der Waals surface area contributed by atoms with E-state index < -0.39 is 12.2 Å². The number of benzene rings is 2. The molecule has 0 aliphatic carbocycles. The molecule has 0 saturated carbocycles. The Morgan fingerprint density at radius 1 is 1.00 bits per heavy atom. The number of aromatic amines is 2. The molecule has 2 heterocycles. The van der Waals surface area contributed by atoms with Crippen molar-refractivity contribution in [2.45, 2.75) is 6.61 Å². The number of nitrogens with zero attached hydrogens (tertiary/aromatic N) is 1. The first-order chi connectivity index (χ1) is 13.0. The molecule has 4 aromatic rings. The fourth-order valence-electron chi connectivity index (χ4n) is 3.08. The van der Waals surface area contributed by atoms with E-state index in [4.69, 9.17) is 5.73 Å². The first kappa shape index (κ1) is 16.8. The van der Waals surface area contributed by atoms with Crippen molar-refractivity contribution in [1.82, 2.24) is 15.0 Å². The summed E-state index contributed by atoms with van der Waals surface area (Å²) < 4.78 is 30.4. The number of halogens is 2. The largest absolute Gasteiger partial charge is 0.434 e. The predicted octanol–water partition coefficient (Wildman–Crippen LogP) is 3.77. The molecule has 0 aliphatic rings. The van der Waals surface area contributed by atoms with Crippen molar-refractivity contribution >= 4 is 17.0 Å². The second kappa shape index (κ2) is 6.56. The molecule has 0 atom stereocenters. The number of H-pyrrole nitrogens is 2. The quantitative estimate of drug-likeness (QED) is 0.511. The molecule has 2 aromatic heterocycles. The van der Waals surface area contributed by atoms with Crippen molar-refractivity contribution in [2.75, 3.05) is 5.73 Å². The molecular formula is C19H14F2N4O2. The molecule has 0 bridgehead atoms. The lowest BCUT2D eigenvalue weighted by molar-refractivity contribution is -0.0494. The van der Waals surface area contributed by atoms with Crippen LogP contribution in [0.2, 0.25) is 0 Å². The maximum atomic E-state index is 12.9. The standard InChI is InChI=1S/C19H14F2N4O2/c20-18(21)27-12-9-5-4-8-11(12)13-14-16(24-19(22)25-17(14)26)23-15(13)10-6-2-1-3-7-10/h1-9,18H,(H4,22,23,24,25,26). The van der Waals surface area contributed by atoms with Gasteiger partial charge in [0.05, 0.1) is 11.1 Å². The smallest absolute Gasteiger partial charge is 0.387 e. The average molecular weight is 368 g/mol. The van der Waals surface area contributed by atoms with Crippen LogP contribution < -0.4 is 16.0 Å². The highest BCUT2D eigenvalue weighted by atomic mass is 19.3. The number of anilines is 1. The van der Waals surface area contributed by atoms with Crippen LogP contribution in [0.1, 0.15) is 0 Å². The van der Waals surface area contributed by atoms with Crippen LogP contribution in [0.4, 0.5) is 14.7 Å². The molecule has 0 amide bonds. The Morgan fingerprint density at radius 2 is 1.70 bits per heavy atom. The van der Waals surface area contributed by atoms with E-state index in [0.29, 0.717) is 16.8 Å². The van der Waals surface area contributed by atoms with Gasteiger partial charge in [-0.15, -0.1) is 0 Å². The average Bonchev–Trinajstić information content (AvgIpc) is 3.02. The van der Waals surface area contributed by atoms with Crippen LogP contribution in [-0.2, 0) is 0 Å². The van der Waals surface area contributed by atoms with Gasteiger partial charge in [0.25, 0.3) is 5.56 Å². The summed E-state index contributed by atoms with van der Waals surface area (Å²) in [6, 6.07) is 15.5. The van der Waals surface area contributed by atoms with Gasteiger partial charge >= 0.3 is 6.61 Å². The third kappa shape index (κ3) is 3.01. The van der Waals surface area contributed by atoms with Crippen LogP contribution in [-0.4, -0.2) is 21.6 Å². The van der Waals surface area contributed by atoms with Crippen molar-refractivity contribution in [3.8, 4) is 28.1 Å². The molecule has 0 fully saturated rings. The van der Waals surface area contributed by atoms with Gasteiger partial charge in [0.15, 0.2) is 0 Å². The van der Waals surface area contributed by atoms with Gasteiger partial charge in [0, 0.05) is 11.1 Å². The highest BCUT2D eigenvalue weighted by molar-refractivity contribution is 6.03. The Balaban J connectivity index is 2.10. The van der Waals surface area contributed by atoms with Gasteiger partial charge in [-0.2, -0.15) is 13.8 Å². The van der Waals surface area contributed by atoms with Crippen LogP contribution in [0.15, 0.2) is 59.4 Å². The van der Waals surface area contributed by atoms with Crippen LogP contribution in [0, 0.1) is 0 Å². The van der Waals surface area contributed by atoms with Crippen LogP contribution in [0.25, 0.3) is 33.4 Å². The normalized spacial score (nSPS) is 11.2. The Bertz CT molecular complexity index is 1170. The highest BCUT2D eigenvalue weighted by Crippen LogP contribution is 2.41. The van der Waals surface area contributed by atoms with Gasteiger partial charge in [-0.05, 0) is 11.6 Å². The minimum atomic E-state index is -3.00. The van der Waals surface area contributed by atoms with E-state index in [1.54, 1.807) is 18.2 Å². The second-order valence-electron chi connectivity index (χ2n) is 5.79. The molecule has 0 saturated heterocycles. The number of rotatable bonds is 4. The molecule has 0 spiro atoms. The second-order valence-corrected chi connectivity index (χ2v) is 5.79. The number of nitrogens with two attached hydrogens (primary N) is 1. The molecule has 4 N–H and O–H groups in total. The first-order valence-corrected chi connectivity index (χ1v) is 8.05. The number of fused-ring (bicyclic) bond motifs is 1. The third-order valence-electron chi connectivity index (χ3n) is 4.12. The van der Waals surface area contributed by atoms with E-state index in [-0.39, 0.29) is 22.7 Å². The Hall–Kier alpha value is -3.68. The zero-order valence-corrected chi connectivity index (χ0v) is 13.9. The molecule has 6 nitrogen and oxygen atoms in total. The van der Waals surface area contributed by atoms with E-state index >= 15 is 0 Å². The fraction of sp³-hybridized carbons (Fsp3) is 0.0526. The monoisotopic (exact) mass is 368 g/mol. The summed E-state index contributed by atoms with van der Waals surface area (Å²) >= 11 is 0. The number of hydrogen-bond donors (Lipinski definition) is 3. The predicted molar refractivity (Wildman–Crippen MR) is 98.6 cm³/mol.